The fraction of sp³-hybridized carbons (Fsp3) is 0.600. The van der Waals surface area contributed by atoms with Crippen LogP contribution in [0.5, 0.6) is 0 Å². The van der Waals surface area contributed by atoms with Crippen LogP contribution in [-0.4, -0.2) is 26.3 Å². The summed E-state index contributed by atoms with van der Waals surface area (Å²) in [5.41, 5.74) is 0. The van der Waals surface area contributed by atoms with Crippen molar-refractivity contribution in [3.63, 3.8) is 0 Å². The van der Waals surface area contributed by atoms with Crippen LogP contribution in [0.1, 0.15) is 24.6 Å². The first-order chi connectivity index (χ1) is 7.93. The van der Waals surface area contributed by atoms with Crippen LogP contribution in [0.4, 0.5) is 0 Å². The Labute approximate surface area is 120 Å². The van der Waals surface area contributed by atoms with Crippen LogP contribution >= 0.6 is 38.9 Å². The zero-order valence-electron chi connectivity index (χ0n) is 9.74. The van der Waals surface area contributed by atoms with Gasteiger partial charge in [-0.05, 0) is 28.4 Å². The lowest BCUT2D eigenvalue weighted by Crippen LogP contribution is -2.27. The van der Waals surface area contributed by atoms with E-state index in [1.807, 2.05) is 6.92 Å². The van der Waals surface area contributed by atoms with Gasteiger partial charge in [-0.3, -0.25) is 0 Å². The molecule has 0 unspecified atom stereocenters. The van der Waals surface area contributed by atoms with E-state index in [2.05, 4.69) is 15.9 Å². The molecule has 0 saturated carbocycles. The highest BCUT2D eigenvalue weighted by Gasteiger charge is 2.25. The minimum atomic E-state index is -3.39. The largest absolute Gasteiger partial charge is 0.244 e. The van der Waals surface area contributed by atoms with Crippen molar-refractivity contribution < 1.29 is 8.42 Å². The Morgan fingerprint density at radius 1 is 1.53 bits per heavy atom. The van der Waals surface area contributed by atoms with E-state index in [0.29, 0.717) is 21.1 Å². The van der Waals surface area contributed by atoms with Crippen molar-refractivity contribution in [2.45, 2.75) is 30.5 Å². The van der Waals surface area contributed by atoms with Crippen LogP contribution in [0.25, 0.3) is 0 Å². The molecular formula is C10H15BrClNO2S2. The number of hydrogen-bond donors (Lipinski definition) is 0. The zero-order chi connectivity index (χ0) is 13.1. The molecule has 0 atom stereocenters. The second-order valence-corrected chi connectivity index (χ2v) is 8.40. The second-order valence-electron chi connectivity index (χ2n) is 3.66. The van der Waals surface area contributed by atoms with Gasteiger partial charge in [-0.15, -0.1) is 22.9 Å². The average Bonchev–Trinajstić information content (AvgIpc) is 2.67. The van der Waals surface area contributed by atoms with E-state index in [-0.39, 0.29) is 0 Å². The number of nitrogens with zero attached hydrogens (tertiary/aromatic N) is 1. The van der Waals surface area contributed by atoms with Gasteiger partial charge < -0.3 is 0 Å². The van der Waals surface area contributed by atoms with Gasteiger partial charge in [0.1, 0.15) is 4.90 Å². The van der Waals surface area contributed by atoms with E-state index in [1.54, 1.807) is 13.1 Å². The van der Waals surface area contributed by atoms with E-state index in [0.717, 1.165) is 17.7 Å². The standard InChI is InChI=1S/C10H15BrClNO2S2/c1-3-4-5-13(2)17(14,15)9-6-8(7-12)16-10(9)11/h6H,3-5,7H2,1-2H3. The predicted octanol–water partition coefficient (Wildman–Crippen LogP) is 3.67. The van der Waals surface area contributed by atoms with Crippen LogP contribution < -0.4 is 0 Å². The third-order valence-corrected chi connectivity index (χ3v) is 6.91. The molecule has 1 aromatic rings. The highest BCUT2D eigenvalue weighted by molar-refractivity contribution is 9.11. The molecule has 0 spiro atoms. The van der Waals surface area contributed by atoms with Crippen molar-refractivity contribution in [3.05, 3.63) is 14.7 Å². The van der Waals surface area contributed by atoms with Crippen molar-refractivity contribution in [2.24, 2.45) is 0 Å². The molecule has 17 heavy (non-hydrogen) atoms. The Morgan fingerprint density at radius 2 is 2.18 bits per heavy atom. The normalized spacial score (nSPS) is 12.3. The molecule has 1 aromatic heterocycles. The van der Waals surface area contributed by atoms with E-state index in [4.69, 9.17) is 11.6 Å². The van der Waals surface area contributed by atoms with Gasteiger partial charge in [0.2, 0.25) is 10.0 Å². The quantitative estimate of drug-likeness (QED) is 0.726. The molecule has 0 bridgehead atoms. The van der Waals surface area contributed by atoms with Crippen molar-refractivity contribution >= 4 is 48.9 Å². The van der Waals surface area contributed by atoms with Gasteiger partial charge in [0.15, 0.2) is 0 Å². The Balaban J connectivity index is 2.99. The topological polar surface area (TPSA) is 37.4 Å². The summed E-state index contributed by atoms with van der Waals surface area (Å²) < 4.78 is 26.5. The Hall–Kier alpha value is 0.380. The summed E-state index contributed by atoms with van der Waals surface area (Å²) in [7, 11) is -1.79. The second kappa shape index (κ2) is 6.52. The highest BCUT2D eigenvalue weighted by Crippen LogP contribution is 2.33. The Morgan fingerprint density at radius 3 is 2.65 bits per heavy atom. The van der Waals surface area contributed by atoms with Crippen LogP contribution in [0.15, 0.2) is 14.7 Å². The van der Waals surface area contributed by atoms with Gasteiger partial charge in [0, 0.05) is 18.5 Å². The third-order valence-electron chi connectivity index (χ3n) is 2.35. The first kappa shape index (κ1) is 15.4. The summed E-state index contributed by atoms with van der Waals surface area (Å²) in [5.74, 6) is 0.331. The number of halogens is 2. The summed E-state index contributed by atoms with van der Waals surface area (Å²) in [5, 5.41) is 0. The van der Waals surface area contributed by atoms with Crippen LogP contribution in [0, 0.1) is 0 Å². The maximum Gasteiger partial charge on any atom is 0.244 e. The van der Waals surface area contributed by atoms with Crippen molar-refractivity contribution in [1.82, 2.24) is 4.31 Å². The van der Waals surface area contributed by atoms with E-state index < -0.39 is 10.0 Å². The molecule has 0 aliphatic carbocycles. The first-order valence-corrected chi connectivity index (χ1v) is 8.82. The van der Waals surface area contributed by atoms with Gasteiger partial charge in [0.25, 0.3) is 0 Å². The number of thiophene rings is 1. The Bertz CT molecular complexity index is 473. The summed E-state index contributed by atoms with van der Waals surface area (Å²) in [6.07, 6.45) is 1.83. The van der Waals surface area contributed by atoms with Crippen molar-refractivity contribution in [1.29, 1.82) is 0 Å². The minimum Gasteiger partial charge on any atom is -0.207 e. The molecule has 0 aliphatic rings. The van der Waals surface area contributed by atoms with E-state index in [1.165, 1.54) is 15.6 Å². The molecule has 0 saturated heterocycles. The van der Waals surface area contributed by atoms with Gasteiger partial charge in [-0.25, -0.2) is 12.7 Å². The summed E-state index contributed by atoms with van der Waals surface area (Å²) >= 11 is 10.4. The third kappa shape index (κ3) is 3.67. The molecule has 3 nitrogen and oxygen atoms in total. The van der Waals surface area contributed by atoms with Gasteiger partial charge in [-0.2, -0.15) is 0 Å². The molecule has 7 heteroatoms. The van der Waals surface area contributed by atoms with Crippen LogP contribution in [-0.2, 0) is 15.9 Å². The molecule has 0 N–H and O–H groups in total. The monoisotopic (exact) mass is 359 g/mol. The number of sulfonamides is 1. The summed E-state index contributed by atoms with van der Waals surface area (Å²) in [6, 6.07) is 1.64. The van der Waals surface area contributed by atoms with Crippen LogP contribution in [0.3, 0.4) is 0 Å². The number of alkyl halides is 1. The molecule has 98 valence electrons. The lowest BCUT2D eigenvalue weighted by Gasteiger charge is -2.16. The Kier molecular flexibility index (Phi) is 5.92. The zero-order valence-corrected chi connectivity index (χ0v) is 13.7. The van der Waals surface area contributed by atoms with Gasteiger partial charge in [0.05, 0.1) is 9.67 Å². The minimum absolute atomic E-state index is 0.316. The molecular weight excluding hydrogens is 346 g/mol. The van der Waals surface area contributed by atoms with Crippen LogP contribution in [0.2, 0.25) is 0 Å². The smallest absolute Gasteiger partial charge is 0.207 e. The first-order valence-electron chi connectivity index (χ1n) is 5.24. The van der Waals surface area contributed by atoms with Gasteiger partial charge in [-0.1, -0.05) is 13.3 Å². The average molecular weight is 361 g/mol. The van der Waals surface area contributed by atoms with Gasteiger partial charge >= 0.3 is 0 Å². The molecule has 0 radical (unpaired) electrons. The lowest BCUT2D eigenvalue weighted by molar-refractivity contribution is 0.459. The lowest BCUT2D eigenvalue weighted by atomic mass is 10.3. The SMILES string of the molecule is CCCCN(C)S(=O)(=O)c1cc(CCl)sc1Br. The molecule has 0 amide bonds. The summed E-state index contributed by atoms with van der Waals surface area (Å²) in [6.45, 7) is 2.57. The maximum absolute atomic E-state index is 12.2. The number of hydrogen-bond acceptors (Lipinski definition) is 3. The number of unbranched alkanes of at least 4 members (excludes halogenated alkanes) is 1. The molecule has 0 fully saturated rings. The highest BCUT2D eigenvalue weighted by atomic mass is 79.9. The molecule has 0 aromatic carbocycles. The fourth-order valence-electron chi connectivity index (χ4n) is 1.31. The van der Waals surface area contributed by atoms with E-state index in [9.17, 15) is 8.42 Å². The molecule has 1 rings (SSSR count). The fourth-order valence-corrected chi connectivity index (χ4v) is 5.24. The van der Waals surface area contributed by atoms with Crippen molar-refractivity contribution in [2.75, 3.05) is 13.6 Å². The predicted molar refractivity (Wildman–Crippen MR) is 76.3 cm³/mol. The van der Waals surface area contributed by atoms with E-state index >= 15 is 0 Å². The number of rotatable bonds is 6. The molecule has 0 aliphatic heterocycles. The maximum atomic E-state index is 12.2. The van der Waals surface area contributed by atoms with Crippen molar-refractivity contribution in [3.8, 4) is 0 Å². The summed E-state index contributed by atoms with van der Waals surface area (Å²) in [4.78, 5) is 1.16. The molecule has 1 heterocycles.